The molecule has 1 atom stereocenters. The van der Waals surface area contributed by atoms with Gasteiger partial charge in [-0.15, -0.1) is 0 Å². The van der Waals surface area contributed by atoms with Crippen LogP contribution in [0.25, 0.3) is 5.70 Å². The Balaban J connectivity index is 1.75. The van der Waals surface area contributed by atoms with E-state index >= 15 is 0 Å². The van der Waals surface area contributed by atoms with Crippen LogP contribution in [-0.4, -0.2) is 6.34 Å². The number of nitrogens with zero attached hydrogens (tertiary/aromatic N) is 1. The fraction of sp³-hybridized carbons (Fsp3) is 0.167. The van der Waals surface area contributed by atoms with Crippen molar-refractivity contribution in [3.63, 3.8) is 0 Å². The molecule has 0 aliphatic carbocycles. The maximum Gasteiger partial charge on any atom is 0.0891 e. The summed E-state index contributed by atoms with van der Waals surface area (Å²) in [6, 6.07) is 21.2. The summed E-state index contributed by atoms with van der Waals surface area (Å²) in [5, 5.41) is 3.41. The van der Waals surface area contributed by atoms with Crippen molar-refractivity contribution in [2.75, 3.05) is 0 Å². The Bertz CT molecular complexity index is 600. The number of rotatable bonds is 2. The minimum absolute atomic E-state index is 0.341. The summed E-state index contributed by atoms with van der Waals surface area (Å²) in [6.45, 7) is 0. The molecule has 1 N–H and O–H groups in total. The topological polar surface area (TPSA) is 24.4 Å². The Hall–Kier alpha value is -2.35. The quantitative estimate of drug-likeness (QED) is 0.862. The molecule has 20 heavy (non-hydrogen) atoms. The molecule has 1 aliphatic heterocycles. The number of hydrogen-bond donors (Lipinski definition) is 1. The zero-order chi connectivity index (χ0) is 13.6. The van der Waals surface area contributed by atoms with Crippen LogP contribution in [0.4, 0.5) is 0 Å². The van der Waals surface area contributed by atoms with Gasteiger partial charge in [-0.2, -0.15) is 0 Å². The normalized spacial score (nSPS) is 22.8. The zero-order valence-corrected chi connectivity index (χ0v) is 11.4. The van der Waals surface area contributed by atoms with E-state index in [1.165, 1.54) is 11.1 Å². The van der Waals surface area contributed by atoms with Gasteiger partial charge >= 0.3 is 0 Å². The van der Waals surface area contributed by atoms with Crippen LogP contribution in [-0.2, 0) is 0 Å². The van der Waals surface area contributed by atoms with Gasteiger partial charge in [0.2, 0.25) is 0 Å². The number of allylic oxidation sites excluding steroid dienone is 1. The van der Waals surface area contributed by atoms with E-state index in [0.717, 1.165) is 18.5 Å². The van der Waals surface area contributed by atoms with Gasteiger partial charge in [0.05, 0.1) is 18.1 Å². The first-order valence-electron chi connectivity index (χ1n) is 7.02. The highest BCUT2D eigenvalue weighted by molar-refractivity contribution is 5.73. The van der Waals surface area contributed by atoms with Crippen molar-refractivity contribution in [2.45, 2.75) is 18.9 Å². The van der Waals surface area contributed by atoms with Gasteiger partial charge in [-0.05, 0) is 24.0 Å². The van der Waals surface area contributed by atoms with Crippen molar-refractivity contribution in [3.8, 4) is 0 Å². The third kappa shape index (κ3) is 2.97. The van der Waals surface area contributed by atoms with Crippen LogP contribution >= 0.6 is 0 Å². The Kier molecular flexibility index (Phi) is 3.93. The molecule has 0 aromatic heterocycles. The molecule has 100 valence electrons. The summed E-state index contributed by atoms with van der Waals surface area (Å²) in [6.07, 6.45) is 6.15. The van der Waals surface area contributed by atoms with Gasteiger partial charge < -0.3 is 5.32 Å². The average Bonchev–Trinajstić information content (AvgIpc) is 2.49. The molecule has 1 aliphatic rings. The first-order valence-corrected chi connectivity index (χ1v) is 7.02. The highest BCUT2D eigenvalue weighted by Gasteiger charge is 2.10. The van der Waals surface area contributed by atoms with Gasteiger partial charge in [-0.1, -0.05) is 66.7 Å². The summed E-state index contributed by atoms with van der Waals surface area (Å²) in [5.74, 6) is 0. The lowest BCUT2D eigenvalue weighted by Gasteiger charge is -2.18. The Labute approximate surface area is 119 Å². The molecule has 0 radical (unpaired) electrons. The summed E-state index contributed by atoms with van der Waals surface area (Å²) in [5.41, 5.74) is 3.53. The Morgan fingerprint density at radius 3 is 2.35 bits per heavy atom. The average molecular weight is 262 g/mol. The third-order valence-corrected chi connectivity index (χ3v) is 3.54. The van der Waals surface area contributed by atoms with E-state index in [1.807, 2.05) is 30.6 Å². The zero-order valence-electron chi connectivity index (χ0n) is 11.4. The highest BCUT2D eigenvalue weighted by atomic mass is 15.0. The van der Waals surface area contributed by atoms with E-state index in [2.05, 4.69) is 52.8 Å². The monoisotopic (exact) mass is 262 g/mol. The van der Waals surface area contributed by atoms with Crippen LogP contribution in [0.2, 0.25) is 0 Å². The molecule has 1 heterocycles. The predicted octanol–water partition coefficient (Wildman–Crippen LogP) is 4.18. The lowest BCUT2D eigenvalue weighted by Crippen LogP contribution is -2.20. The third-order valence-electron chi connectivity index (χ3n) is 3.54. The molecule has 0 saturated heterocycles. The fourth-order valence-corrected chi connectivity index (χ4v) is 2.47. The van der Waals surface area contributed by atoms with Gasteiger partial charge in [0.15, 0.2) is 0 Å². The van der Waals surface area contributed by atoms with E-state index in [4.69, 9.17) is 0 Å². The van der Waals surface area contributed by atoms with Gasteiger partial charge in [0.1, 0.15) is 0 Å². The molecule has 3 rings (SSSR count). The number of hydrogen-bond acceptors (Lipinski definition) is 2. The molecule has 0 fully saturated rings. The van der Waals surface area contributed by atoms with E-state index < -0.39 is 0 Å². The SMILES string of the molecule is C1=N\C(c2ccccc2)=C/CCC(c2ccccc2)N/1. The molecule has 0 amide bonds. The molecular formula is C18H18N2. The second-order valence-electron chi connectivity index (χ2n) is 4.92. The molecule has 2 aromatic rings. The van der Waals surface area contributed by atoms with Crippen molar-refractivity contribution in [2.24, 2.45) is 4.99 Å². The van der Waals surface area contributed by atoms with E-state index in [0.29, 0.717) is 6.04 Å². The van der Waals surface area contributed by atoms with Crippen molar-refractivity contribution >= 4 is 12.0 Å². The van der Waals surface area contributed by atoms with Gasteiger partial charge in [-0.25, -0.2) is 4.99 Å². The number of nitrogens with one attached hydrogen (secondary N) is 1. The molecule has 1 unspecified atom stereocenters. The maximum absolute atomic E-state index is 4.55. The second-order valence-corrected chi connectivity index (χ2v) is 4.92. The summed E-state index contributed by atoms with van der Waals surface area (Å²) < 4.78 is 0. The van der Waals surface area contributed by atoms with Crippen LogP contribution in [0.3, 0.4) is 0 Å². The highest BCUT2D eigenvalue weighted by Crippen LogP contribution is 2.23. The minimum atomic E-state index is 0.341. The number of benzene rings is 2. The predicted molar refractivity (Wildman–Crippen MR) is 84.5 cm³/mol. The molecule has 2 heteroatoms. The largest absolute Gasteiger partial charge is 0.369 e. The lowest BCUT2D eigenvalue weighted by molar-refractivity contribution is 0.601. The lowest BCUT2D eigenvalue weighted by atomic mass is 10.0. The molecule has 0 saturated carbocycles. The molecule has 0 spiro atoms. The van der Waals surface area contributed by atoms with Crippen LogP contribution < -0.4 is 5.32 Å². The van der Waals surface area contributed by atoms with Gasteiger partial charge in [0, 0.05) is 0 Å². The van der Waals surface area contributed by atoms with Crippen LogP contribution in [0.5, 0.6) is 0 Å². The standard InChI is InChI=1S/C18H18N2/c1-3-8-15(9-4-1)17-12-7-13-18(20-14-19-17)16-10-5-2-6-11-16/h1-6,8-12,14,18H,7,13H2,(H,19,20)/b17-12-. The van der Waals surface area contributed by atoms with Crippen LogP contribution in [0, 0.1) is 0 Å². The maximum atomic E-state index is 4.55. The molecule has 2 aromatic carbocycles. The second kappa shape index (κ2) is 6.20. The first kappa shape index (κ1) is 12.7. The Morgan fingerprint density at radius 1 is 0.900 bits per heavy atom. The molecule has 2 nitrogen and oxygen atoms in total. The van der Waals surface area contributed by atoms with Crippen LogP contribution in [0.15, 0.2) is 71.7 Å². The van der Waals surface area contributed by atoms with Crippen molar-refractivity contribution < 1.29 is 0 Å². The molecular weight excluding hydrogens is 244 g/mol. The van der Waals surface area contributed by atoms with E-state index in [-0.39, 0.29) is 0 Å². The Morgan fingerprint density at radius 2 is 1.60 bits per heavy atom. The summed E-state index contributed by atoms with van der Waals surface area (Å²) in [4.78, 5) is 4.55. The summed E-state index contributed by atoms with van der Waals surface area (Å²) >= 11 is 0. The van der Waals surface area contributed by atoms with E-state index in [9.17, 15) is 0 Å². The van der Waals surface area contributed by atoms with Gasteiger partial charge in [0.25, 0.3) is 0 Å². The fourth-order valence-electron chi connectivity index (χ4n) is 2.47. The van der Waals surface area contributed by atoms with Gasteiger partial charge in [-0.3, -0.25) is 0 Å². The number of aliphatic imine (C=N–C) groups is 1. The smallest absolute Gasteiger partial charge is 0.0891 e. The van der Waals surface area contributed by atoms with Crippen molar-refractivity contribution in [1.29, 1.82) is 0 Å². The van der Waals surface area contributed by atoms with Crippen molar-refractivity contribution in [3.05, 3.63) is 77.9 Å². The van der Waals surface area contributed by atoms with E-state index in [1.54, 1.807) is 0 Å². The minimum Gasteiger partial charge on any atom is -0.369 e. The molecule has 0 bridgehead atoms. The first-order chi connectivity index (χ1) is 9.93. The van der Waals surface area contributed by atoms with Crippen molar-refractivity contribution in [1.82, 2.24) is 5.32 Å². The summed E-state index contributed by atoms with van der Waals surface area (Å²) in [7, 11) is 0. The van der Waals surface area contributed by atoms with Crippen LogP contribution in [0.1, 0.15) is 30.0 Å².